The normalized spacial score (nSPS) is 19.5. The van der Waals surface area contributed by atoms with Gasteiger partial charge in [-0.1, -0.05) is 79.7 Å². The largest absolute Gasteiger partial charge is 0.543 e. The number of amides is 2. The molecule has 55 heavy (non-hydrogen) atoms. The first-order chi connectivity index (χ1) is 25.7. The van der Waals surface area contributed by atoms with Crippen LogP contribution in [-0.4, -0.2) is 66.7 Å². The Bertz CT molecular complexity index is 1920. The second-order valence-electron chi connectivity index (χ2n) is 17.9. The summed E-state index contributed by atoms with van der Waals surface area (Å²) in [6.07, 6.45) is 3.64. The minimum atomic E-state index is -2.39. The van der Waals surface area contributed by atoms with Gasteiger partial charge >= 0.3 is 12.1 Å². The van der Waals surface area contributed by atoms with E-state index in [0.717, 1.165) is 39.9 Å². The lowest BCUT2D eigenvalue weighted by Crippen LogP contribution is -2.59. The number of nitrogens with zero attached hydrogens (tertiary/aromatic N) is 2. The van der Waals surface area contributed by atoms with Crippen LogP contribution in [0.25, 0.3) is 22.0 Å². The molecule has 0 saturated heterocycles. The summed E-state index contributed by atoms with van der Waals surface area (Å²) in [4.78, 5) is 41.2. The van der Waals surface area contributed by atoms with Crippen molar-refractivity contribution in [1.82, 2.24) is 20.3 Å². The van der Waals surface area contributed by atoms with Crippen LogP contribution in [0.3, 0.4) is 0 Å². The zero-order valence-electron chi connectivity index (χ0n) is 34.8. The van der Waals surface area contributed by atoms with Gasteiger partial charge in [0.2, 0.25) is 0 Å². The minimum absolute atomic E-state index is 0.157. The second kappa shape index (κ2) is 16.6. The number of hydrogen-bond acceptors (Lipinski definition) is 7. The van der Waals surface area contributed by atoms with E-state index in [0.29, 0.717) is 23.0 Å². The highest BCUT2D eigenvalue weighted by atomic mass is 127. The van der Waals surface area contributed by atoms with E-state index in [1.807, 2.05) is 6.07 Å². The zero-order valence-corrected chi connectivity index (χ0v) is 37.9. The van der Waals surface area contributed by atoms with Crippen LogP contribution in [0, 0.1) is 9.12 Å². The van der Waals surface area contributed by atoms with Gasteiger partial charge in [-0.3, -0.25) is 9.80 Å². The number of aromatic nitrogens is 1. The summed E-state index contributed by atoms with van der Waals surface area (Å²) in [6.45, 7) is 26.6. The standard InChI is InChI=1S/C43H61IN4O6Si/c1-13-47-37-17-16-30-23-33(37)34(38(47)44)24-43(11,12)25-52-40(50)35-15-14-18-48(46-35)39(49)36(45-41(51)53-42(8,9)10)21-29-19-31(30)22-32(20-29)54-55(26(2)3,27(4)5)28(6)7/h14-17,19-20,22-23,26-28,35-36,46H,13,18,21,24-25H2,1-12H3,(H,45,51)/t35?,36-/m0/s1. The van der Waals surface area contributed by atoms with Crippen LogP contribution in [0.1, 0.15) is 94.2 Å². The van der Waals surface area contributed by atoms with E-state index in [9.17, 15) is 14.4 Å². The Morgan fingerprint density at radius 2 is 1.71 bits per heavy atom. The van der Waals surface area contributed by atoms with Crippen molar-refractivity contribution in [2.45, 2.75) is 137 Å². The molecule has 6 bridgehead atoms. The molecule has 0 radical (unpaired) electrons. The van der Waals surface area contributed by atoms with Gasteiger partial charge in [-0.15, -0.1) is 0 Å². The summed E-state index contributed by atoms with van der Waals surface area (Å²) in [5.74, 6) is -0.119. The molecule has 0 spiro atoms. The van der Waals surface area contributed by atoms with Gasteiger partial charge in [0.05, 0.1) is 16.9 Å². The average molecular weight is 885 g/mol. The number of carbonyl (C=O) groups excluding carboxylic acids is 3. The van der Waals surface area contributed by atoms with Crippen molar-refractivity contribution in [2.24, 2.45) is 5.41 Å². The summed E-state index contributed by atoms with van der Waals surface area (Å²) >= 11 is 2.46. The molecule has 2 N–H and O–H groups in total. The van der Waals surface area contributed by atoms with Gasteiger partial charge in [0.25, 0.3) is 14.2 Å². The third-order valence-electron chi connectivity index (χ3n) is 10.8. The molecule has 2 aliphatic heterocycles. The van der Waals surface area contributed by atoms with Crippen LogP contribution in [0.5, 0.6) is 5.75 Å². The van der Waals surface area contributed by atoms with Gasteiger partial charge in [-0.25, -0.2) is 15.0 Å². The van der Waals surface area contributed by atoms with E-state index < -0.39 is 44.0 Å². The van der Waals surface area contributed by atoms with Gasteiger partial charge in [0.1, 0.15) is 23.4 Å². The molecule has 10 nitrogen and oxygen atoms in total. The molecule has 2 aromatic carbocycles. The third kappa shape index (κ3) is 9.44. The predicted molar refractivity (Wildman–Crippen MR) is 231 cm³/mol. The van der Waals surface area contributed by atoms with Crippen molar-refractivity contribution in [3.05, 3.63) is 63.4 Å². The molecule has 3 heterocycles. The van der Waals surface area contributed by atoms with Crippen molar-refractivity contribution < 1.29 is 28.3 Å². The minimum Gasteiger partial charge on any atom is -0.543 e. The van der Waals surface area contributed by atoms with E-state index in [1.54, 1.807) is 32.9 Å². The number of benzene rings is 2. The third-order valence-corrected chi connectivity index (χ3v) is 18.1. The lowest BCUT2D eigenvalue weighted by atomic mass is 9.86. The number of hydrazine groups is 1. The highest BCUT2D eigenvalue weighted by Gasteiger charge is 2.47. The van der Waals surface area contributed by atoms with E-state index in [2.05, 4.69) is 131 Å². The van der Waals surface area contributed by atoms with Crippen LogP contribution < -0.4 is 15.2 Å². The monoisotopic (exact) mass is 884 g/mol. The summed E-state index contributed by atoms with van der Waals surface area (Å²) in [5, 5.41) is 5.40. The number of esters is 1. The Morgan fingerprint density at radius 3 is 2.33 bits per heavy atom. The predicted octanol–water partition coefficient (Wildman–Crippen LogP) is 9.32. The average Bonchev–Trinajstić information content (AvgIpc) is 3.35. The number of halogens is 1. The van der Waals surface area contributed by atoms with Crippen molar-refractivity contribution in [3.8, 4) is 16.9 Å². The van der Waals surface area contributed by atoms with Crippen molar-refractivity contribution in [2.75, 3.05) is 13.2 Å². The number of hydrogen-bond donors (Lipinski definition) is 2. The van der Waals surface area contributed by atoms with Gasteiger partial charge in [0, 0.05) is 29.3 Å². The number of fused-ring (bicyclic) bond motifs is 6. The summed E-state index contributed by atoms with van der Waals surface area (Å²) in [7, 11) is -2.39. The molecule has 0 aliphatic carbocycles. The highest BCUT2D eigenvalue weighted by Crippen LogP contribution is 2.44. The maximum Gasteiger partial charge on any atom is 0.408 e. The SMILES string of the molecule is CCn1c(I)c2c3cc(ccc31)-c1cc(cc(O[Si](C(C)C)(C(C)C)C(C)C)c1)C[C@H](NC(=O)OC(C)(C)C)C(=O)N1CC=CC(N1)C(=O)OCC(C)(C)C2. The van der Waals surface area contributed by atoms with E-state index in [4.69, 9.17) is 13.9 Å². The molecule has 0 saturated carbocycles. The number of aryl methyl sites for hydroxylation is 1. The van der Waals surface area contributed by atoms with Crippen molar-refractivity contribution in [1.29, 1.82) is 0 Å². The molecule has 2 aliphatic rings. The first kappa shape index (κ1) is 42.8. The van der Waals surface area contributed by atoms with E-state index in [1.165, 1.54) is 14.3 Å². The fourth-order valence-electron chi connectivity index (χ4n) is 8.42. The van der Waals surface area contributed by atoms with Crippen LogP contribution in [0.2, 0.25) is 16.6 Å². The molecule has 3 aromatic rings. The Hall–Kier alpha value is -3.36. The topological polar surface area (TPSA) is 111 Å². The summed E-state index contributed by atoms with van der Waals surface area (Å²) in [6, 6.07) is 11.0. The molecule has 12 heteroatoms. The number of ether oxygens (including phenoxy) is 2. The van der Waals surface area contributed by atoms with E-state index in [-0.39, 0.29) is 25.0 Å². The molecule has 5 rings (SSSR count). The first-order valence-electron chi connectivity index (χ1n) is 19.7. The number of cyclic esters (lactones) is 1. The Labute approximate surface area is 342 Å². The number of carbonyl (C=O) groups is 3. The summed E-state index contributed by atoms with van der Waals surface area (Å²) < 4.78 is 22.4. The lowest BCUT2D eigenvalue weighted by Gasteiger charge is -2.42. The molecule has 2 amide bonds. The Balaban J connectivity index is 1.74. The fraction of sp³-hybridized carbons (Fsp3) is 0.558. The highest BCUT2D eigenvalue weighted by molar-refractivity contribution is 14.1. The number of alkyl carbamates (subject to hydrolysis) is 1. The molecule has 0 fully saturated rings. The molecular formula is C43H61IN4O6Si. The van der Waals surface area contributed by atoms with Crippen molar-refractivity contribution >= 4 is 59.8 Å². The van der Waals surface area contributed by atoms with Crippen LogP contribution in [0.15, 0.2) is 48.6 Å². The maximum atomic E-state index is 14.4. The van der Waals surface area contributed by atoms with Gasteiger partial charge < -0.3 is 23.8 Å². The van der Waals surface area contributed by atoms with Gasteiger partial charge in [-0.2, -0.15) is 0 Å². The fourth-order valence-corrected chi connectivity index (χ4v) is 14.7. The van der Waals surface area contributed by atoms with Gasteiger partial charge in [-0.05, 0) is 120 Å². The lowest BCUT2D eigenvalue weighted by molar-refractivity contribution is -0.151. The maximum absolute atomic E-state index is 14.4. The molecular weight excluding hydrogens is 823 g/mol. The molecule has 300 valence electrons. The second-order valence-corrected chi connectivity index (χ2v) is 24.3. The Kier molecular flexibility index (Phi) is 12.9. The van der Waals surface area contributed by atoms with Gasteiger partial charge in [0.15, 0.2) is 0 Å². The Morgan fingerprint density at radius 1 is 1.04 bits per heavy atom. The molecule has 1 aromatic heterocycles. The number of nitrogens with one attached hydrogen (secondary N) is 2. The van der Waals surface area contributed by atoms with E-state index >= 15 is 0 Å². The first-order valence-corrected chi connectivity index (χ1v) is 22.9. The smallest absolute Gasteiger partial charge is 0.408 e. The molecule has 1 unspecified atom stereocenters. The quantitative estimate of drug-likeness (QED) is 0.105. The van der Waals surface area contributed by atoms with Crippen LogP contribution in [-0.2, 0) is 38.4 Å². The van der Waals surface area contributed by atoms with Crippen molar-refractivity contribution in [3.63, 3.8) is 0 Å². The molecule has 2 atom stereocenters. The van der Waals surface area contributed by atoms with Crippen LogP contribution >= 0.6 is 22.6 Å². The summed E-state index contributed by atoms with van der Waals surface area (Å²) in [5.41, 5.74) is 8.12. The number of rotatable bonds is 7. The zero-order chi connectivity index (χ0) is 40.6. The van der Waals surface area contributed by atoms with Crippen LogP contribution in [0.4, 0.5) is 4.79 Å².